The Morgan fingerprint density at radius 1 is 1.26 bits per heavy atom. The van der Waals surface area contributed by atoms with Gasteiger partial charge in [-0.05, 0) is 23.8 Å². The number of nitrogens with one attached hydrogen (secondary N) is 3. The number of amides is 1. The summed E-state index contributed by atoms with van der Waals surface area (Å²) in [5.41, 5.74) is 1.48. The zero-order valence-electron chi connectivity index (χ0n) is 13.4. The number of benzene rings is 1. The zero-order valence-corrected chi connectivity index (χ0v) is 13.4. The van der Waals surface area contributed by atoms with Gasteiger partial charge >= 0.3 is 5.97 Å². The molecule has 0 bridgehead atoms. The maximum absolute atomic E-state index is 12.4. The van der Waals surface area contributed by atoms with Crippen LogP contribution in [-0.4, -0.2) is 42.2 Å². The highest BCUT2D eigenvalue weighted by Crippen LogP contribution is 2.16. The van der Waals surface area contributed by atoms with Gasteiger partial charge in [0.2, 0.25) is 5.91 Å². The van der Waals surface area contributed by atoms with Gasteiger partial charge in [-0.1, -0.05) is 26.0 Å². The Hall–Kier alpha value is -2.18. The van der Waals surface area contributed by atoms with Gasteiger partial charge in [-0.25, -0.2) is 4.79 Å². The third-order valence-electron chi connectivity index (χ3n) is 3.69. The van der Waals surface area contributed by atoms with Crippen LogP contribution in [-0.2, 0) is 9.59 Å². The second kappa shape index (κ2) is 7.89. The molecule has 1 heterocycles. The van der Waals surface area contributed by atoms with Crippen molar-refractivity contribution < 1.29 is 14.7 Å². The lowest BCUT2D eigenvalue weighted by atomic mass is 10.0. The van der Waals surface area contributed by atoms with E-state index in [0.29, 0.717) is 18.3 Å². The Morgan fingerprint density at radius 2 is 1.96 bits per heavy atom. The first kappa shape index (κ1) is 17.2. The van der Waals surface area contributed by atoms with Crippen LogP contribution in [0.1, 0.15) is 19.4 Å². The number of carboxylic acids is 1. The second-order valence-electron chi connectivity index (χ2n) is 5.98. The standard InChI is InChI=1S/C17H23N3O3/c1-11(2)19-15-10-18-9-14(15)17(23)20-13-6-3-12(4-7-13)5-8-16(21)22/h3-8,11,14-15,18-19H,9-10H2,1-2H3,(H,20,23)(H,21,22)/b8-5+/t14?,15-/m0/s1. The van der Waals surface area contributed by atoms with Gasteiger partial charge in [0.1, 0.15) is 0 Å². The second-order valence-corrected chi connectivity index (χ2v) is 5.98. The van der Waals surface area contributed by atoms with E-state index in [1.165, 1.54) is 6.08 Å². The normalized spacial score (nSPS) is 21.0. The maximum Gasteiger partial charge on any atom is 0.328 e. The molecule has 124 valence electrons. The summed E-state index contributed by atoms with van der Waals surface area (Å²) in [5.74, 6) is -1.11. The highest BCUT2D eigenvalue weighted by Gasteiger charge is 2.32. The number of aliphatic carboxylic acids is 1. The summed E-state index contributed by atoms with van der Waals surface area (Å²) in [6.07, 6.45) is 2.59. The van der Waals surface area contributed by atoms with Gasteiger partial charge in [0, 0.05) is 36.9 Å². The first-order valence-corrected chi connectivity index (χ1v) is 7.74. The minimum atomic E-state index is -0.986. The lowest BCUT2D eigenvalue weighted by Crippen LogP contribution is -2.44. The van der Waals surface area contributed by atoms with Crippen LogP contribution in [0.25, 0.3) is 6.08 Å². The lowest BCUT2D eigenvalue weighted by molar-refractivity contribution is -0.131. The molecule has 6 heteroatoms. The SMILES string of the molecule is CC(C)N[C@H]1CNCC1C(=O)Nc1ccc(/C=C/C(=O)O)cc1. The quantitative estimate of drug-likeness (QED) is 0.594. The van der Waals surface area contributed by atoms with E-state index in [0.717, 1.165) is 18.2 Å². The van der Waals surface area contributed by atoms with Crippen LogP contribution < -0.4 is 16.0 Å². The van der Waals surface area contributed by atoms with Crippen molar-refractivity contribution in [2.75, 3.05) is 18.4 Å². The molecule has 0 saturated carbocycles. The first-order chi connectivity index (χ1) is 11.0. The van der Waals surface area contributed by atoms with Crippen molar-refractivity contribution in [1.82, 2.24) is 10.6 Å². The van der Waals surface area contributed by atoms with Gasteiger partial charge in [-0.15, -0.1) is 0 Å². The van der Waals surface area contributed by atoms with Gasteiger partial charge < -0.3 is 21.1 Å². The maximum atomic E-state index is 12.4. The molecular formula is C17H23N3O3. The van der Waals surface area contributed by atoms with E-state index in [1.54, 1.807) is 24.3 Å². The van der Waals surface area contributed by atoms with Crippen LogP contribution >= 0.6 is 0 Å². The van der Waals surface area contributed by atoms with E-state index >= 15 is 0 Å². The number of carboxylic acid groups (broad SMARTS) is 1. The van der Waals surface area contributed by atoms with Crippen molar-refractivity contribution >= 4 is 23.6 Å². The predicted octanol–water partition coefficient (Wildman–Crippen LogP) is 1.31. The summed E-state index contributed by atoms with van der Waals surface area (Å²) in [7, 11) is 0. The minimum Gasteiger partial charge on any atom is -0.478 e. The van der Waals surface area contributed by atoms with Crippen LogP contribution in [0, 0.1) is 5.92 Å². The van der Waals surface area contributed by atoms with Crippen molar-refractivity contribution in [3.63, 3.8) is 0 Å². The average molecular weight is 317 g/mol. The fourth-order valence-corrected chi connectivity index (χ4v) is 2.64. The fraction of sp³-hybridized carbons (Fsp3) is 0.412. The van der Waals surface area contributed by atoms with E-state index in [4.69, 9.17) is 5.11 Å². The molecule has 6 nitrogen and oxygen atoms in total. The number of hydrogen-bond donors (Lipinski definition) is 4. The summed E-state index contributed by atoms with van der Waals surface area (Å²) in [4.78, 5) is 22.9. The topological polar surface area (TPSA) is 90.5 Å². The number of hydrogen-bond acceptors (Lipinski definition) is 4. The summed E-state index contributed by atoms with van der Waals surface area (Å²) < 4.78 is 0. The van der Waals surface area contributed by atoms with E-state index in [1.807, 2.05) is 0 Å². The molecule has 0 spiro atoms. The molecule has 1 aromatic rings. The molecule has 1 amide bonds. The van der Waals surface area contributed by atoms with Crippen LogP contribution in [0.4, 0.5) is 5.69 Å². The largest absolute Gasteiger partial charge is 0.478 e. The Labute approximate surface area is 136 Å². The lowest BCUT2D eigenvalue weighted by Gasteiger charge is -2.21. The molecule has 1 aliphatic rings. The third-order valence-corrected chi connectivity index (χ3v) is 3.69. The van der Waals surface area contributed by atoms with Crippen molar-refractivity contribution in [2.24, 2.45) is 5.92 Å². The van der Waals surface area contributed by atoms with Gasteiger partial charge in [0.15, 0.2) is 0 Å². The Bertz CT molecular complexity index is 581. The number of carbonyl (C=O) groups is 2. The number of anilines is 1. The smallest absolute Gasteiger partial charge is 0.328 e. The van der Waals surface area contributed by atoms with Gasteiger partial charge in [-0.3, -0.25) is 4.79 Å². The molecule has 4 N–H and O–H groups in total. The monoisotopic (exact) mass is 317 g/mol. The molecule has 1 saturated heterocycles. The molecule has 1 aliphatic heterocycles. The Kier molecular flexibility index (Phi) is 5.90. The van der Waals surface area contributed by atoms with Crippen LogP contribution in [0.3, 0.4) is 0 Å². The molecular weight excluding hydrogens is 294 g/mol. The van der Waals surface area contributed by atoms with Crippen LogP contribution in [0.5, 0.6) is 0 Å². The molecule has 23 heavy (non-hydrogen) atoms. The summed E-state index contributed by atoms with van der Waals surface area (Å²) >= 11 is 0. The van der Waals surface area contributed by atoms with Crippen molar-refractivity contribution in [3.8, 4) is 0 Å². The molecule has 0 aliphatic carbocycles. The summed E-state index contributed by atoms with van der Waals surface area (Å²) in [5, 5.41) is 18.2. The molecule has 2 atom stereocenters. The molecule has 1 unspecified atom stereocenters. The molecule has 1 aromatic carbocycles. The molecule has 0 radical (unpaired) electrons. The number of rotatable bonds is 6. The molecule has 1 fully saturated rings. The van der Waals surface area contributed by atoms with Crippen molar-refractivity contribution in [3.05, 3.63) is 35.9 Å². The van der Waals surface area contributed by atoms with Gasteiger partial charge in [0.25, 0.3) is 0 Å². The van der Waals surface area contributed by atoms with Crippen molar-refractivity contribution in [1.29, 1.82) is 0 Å². The van der Waals surface area contributed by atoms with Gasteiger partial charge in [0.05, 0.1) is 5.92 Å². The highest BCUT2D eigenvalue weighted by atomic mass is 16.4. The van der Waals surface area contributed by atoms with Crippen LogP contribution in [0.2, 0.25) is 0 Å². The fourth-order valence-electron chi connectivity index (χ4n) is 2.64. The average Bonchev–Trinajstić information content (AvgIpc) is 2.94. The van der Waals surface area contributed by atoms with Gasteiger partial charge in [-0.2, -0.15) is 0 Å². The minimum absolute atomic E-state index is 0.0121. The van der Waals surface area contributed by atoms with E-state index < -0.39 is 5.97 Å². The zero-order chi connectivity index (χ0) is 16.8. The Balaban J connectivity index is 1.95. The van der Waals surface area contributed by atoms with E-state index in [9.17, 15) is 9.59 Å². The summed E-state index contributed by atoms with van der Waals surface area (Å²) in [6, 6.07) is 7.54. The highest BCUT2D eigenvalue weighted by molar-refractivity contribution is 5.93. The van der Waals surface area contributed by atoms with E-state index in [2.05, 4.69) is 29.8 Å². The predicted molar refractivity (Wildman–Crippen MR) is 90.2 cm³/mol. The molecule has 0 aromatic heterocycles. The van der Waals surface area contributed by atoms with Crippen LogP contribution in [0.15, 0.2) is 30.3 Å². The Morgan fingerprint density at radius 3 is 2.57 bits per heavy atom. The van der Waals surface area contributed by atoms with E-state index in [-0.39, 0.29) is 17.9 Å². The first-order valence-electron chi connectivity index (χ1n) is 7.74. The van der Waals surface area contributed by atoms with Crippen molar-refractivity contribution in [2.45, 2.75) is 25.9 Å². The molecule has 2 rings (SSSR count). The summed E-state index contributed by atoms with van der Waals surface area (Å²) in [6.45, 7) is 5.58. The third kappa shape index (κ3) is 5.19. The number of carbonyl (C=O) groups excluding carboxylic acids is 1.